The van der Waals surface area contributed by atoms with Crippen molar-refractivity contribution in [3.63, 3.8) is 0 Å². The summed E-state index contributed by atoms with van der Waals surface area (Å²) in [6.07, 6.45) is 0. The van der Waals surface area contributed by atoms with E-state index in [1.165, 1.54) is 0 Å². The highest BCUT2D eigenvalue weighted by Crippen LogP contribution is 2.35. The van der Waals surface area contributed by atoms with Gasteiger partial charge < -0.3 is 0 Å². The van der Waals surface area contributed by atoms with E-state index in [1.54, 1.807) is 0 Å². The van der Waals surface area contributed by atoms with Crippen molar-refractivity contribution in [3.8, 4) is 0 Å². The maximum atomic E-state index is 10.5. The van der Waals surface area contributed by atoms with E-state index in [0.29, 0.717) is 8.95 Å². The van der Waals surface area contributed by atoms with Gasteiger partial charge in [0.05, 0.1) is 9.85 Å². The number of halogens is 2. The Hall–Kier alpha value is -1.02. The molecule has 0 heterocycles. The molecule has 0 N–H and O–H groups in total. The summed E-state index contributed by atoms with van der Waals surface area (Å²) in [7, 11) is 0. The zero-order valence-electron chi connectivity index (χ0n) is 6.44. The molecule has 0 atom stereocenters. The van der Waals surface area contributed by atoms with E-state index in [-0.39, 0.29) is 0 Å². The highest BCUT2D eigenvalue weighted by atomic mass is 79.9. The summed E-state index contributed by atoms with van der Waals surface area (Å²) in [5.74, 6) is 0. The van der Waals surface area contributed by atoms with Crippen LogP contribution in [0.4, 0.5) is 11.4 Å². The van der Waals surface area contributed by atoms with Gasteiger partial charge in [0.15, 0.2) is 0 Å². The molecular weight excluding hydrogens is 324 g/mol. The molecule has 0 fully saturated rings. The van der Waals surface area contributed by atoms with Gasteiger partial charge in [-0.1, -0.05) is 0 Å². The van der Waals surface area contributed by atoms with Crippen LogP contribution < -0.4 is 0 Å². The van der Waals surface area contributed by atoms with Crippen molar-refractivity contribution < 1.29 is 9.85 Å². The van der Waals surface area contributed by atoms with E-state index in [9.17, 15) is 20.2 Å². The number of nitrogens with zero attached hydrogens (tertiary/aromatic N) is 2. The Labute approximate surface area is 94.5 Å². The SMILES string of the molecule is O=[N+]([O-])c1cc(Br)c(Br)cc1[N+](=O)[O-]. The Balaban J connectivity index is 3.46. The Kier molecular flexibility index (Phi) is 3.17. The quantitative estimate of drug-likeness (QED) is 0.617. The Morgan fingerprint density at radius 1 is 0.929 bits per heavy atom. The third-order valence-corrected chi connectivity index (χ3v) is 3.26. The number of hydrogen-bond acceptors (Lipinski definition) is 4. The first-order valence-electron chi connectivity index (χ1n) is 3.21. The number of benzene rings is 1. The lowest BCUT2D eigenvalue weighted by Crippen LogP contribution is -1.96. The van der Waals surface area contributed by atoms with Crippen LogP contribution in [0.25, 0.3) is 0 Å². The standard InChI is InChI=1S/C6H2Br2N2O4/c7-3-1-5(9(11)12)6(10(13)14)2-4(3)8/h1-2H. The lowest BCUT2D eigenvalue weighted by Gasteiger charge is -1.97. The predicted molar refractivity (Wildman–Crippen MR) is 55.2 cm³/mol. The van der Waals surface area contributed by atoms with Gasteiger partial charge in [-0.3, -0.25) is 20.2 Å². The third kappa shape index (κ3) is 2.07. The molecule has 14 heavy (non-hydrogen) atoms. The van der Waals surface area contributed by atoms with Crippen LogP contribution in [-0.4, -0.2) is 9.85 Å². The van der Waals surface area contributed by atoms with E-state index < -0.39 is 21.2 Å². The van der Waals surface area contributed by atoms with Crippen molar-refractivity contribution in [1.82, 2.24) is 0 Å². The number of hydrogen-bond donors (Lipinski definition) is 0. The van der Waals surface area contributed by atoms with Gasteiger partial charge in [-0.25, -0.2) is 0 Å². The van der Waals surface area contributed by atoms with Crippen LogP contribution in [-0.2, 0) is 0 Å². The van der Waals surface area contributed by atoms with Crippen molar-refractivity contribution in [2.45, 2.75) is 0 Å². The minimum absolute atomic E-state index is 0.398. The molecule has 8 heteroatoms. The second-order valence-electron chi connectivity index (χ2n) is 2.27. The van der Waals surface area contributed by atoms with Crippen LogP contribution in [0.5, 0.6) is 0 Å². The topological polar surface area (TPSA) is 86.3 Å². The fourth-order valence-corrected chi connectivity index (χ4v) is 1.48. The van der Waals surface area contributed by atoms with E-state index in [2.05, 4.69) is 31.9 Å². The molecule has 0 saturated carbocycles. The molecule has 0 unspecified atom stereocenters. The Bertz CT molecular complexity index is 382. The Morgan fingerprint density at radius 3 is 1.43 bits per heavy atom. The largest absolute Gasteiger partial charge is 0.347 e. The monoisotopic (exact) mass is 324 g/mol. The summed E-state index contributed by atoms with van der Waals surface area (Å²) in [5, 5.41) is 20.9. The molecule has 0 aliphatic heterocycles. The normalized spacial score (nSPS) is 9.86. The van der Waals surface area contributed by atoms with Gasteiger partial charge in [0.1, 0.15) is 0 Å². The van der Waals surface area contributed by atoms with Crippen LogP contribution in [0.1, 0.15) is 0 Å². The fourth-order valence-electron chi connectivity index (χ4n) is 0.818. The zero-order chi connectivity index (χ0) is 10.9. The minimum Gasteiger partial charge on any atom is -0.258 e. The van der Waals surface area contributed by atoms with E-state index in [4.69, 9.17) is 0 Å². The smallest absolute Gasteiger partial charge is 0.258 e. The molecule has 0 radical (unpaired) electrons. The number of nitro benzene ring substituents is 2. The molecule has 0 aromatic heterocycles. The molecule has 0 aliphatic rings. The summed E-state index contributed by atoms with van der Waals surface area (Å²) in [6.45, 7) is 0. The van der Waals surface area contributed by atoms with E-state index in [1.807, 2.05) is 0 Å². The molecule has 74 valence electrons. The van der Waals surface area contributed by atoms with Gasteiger partial charge in [0, 0.05) is 21.1 Å². The van der Waals surface area contributed by atoms with Gasteiger partial charge in [-0.2, -0.15) is 0 Å². The first-order chi connectivity index (χ1) is 6.43. The highest BCUT2D eigenvalue weighted by Gasteiger charge is 2.25. The van der Waals surface area contributed by atoms with Gasteiger partial charge in [0.2, 0.25) is 0 Å². The van der Waals surface area contributed by atoms with Crippen LogP contribution in [0.15, 0.2) is 21.1 Å². The summed E-state index contributed by atoms with van der Waals surface area (Å²) < 4.78 is 0.796. The number of rotatable bonds is 2. The minimum atomic E-state index is -0.796. The maximum absolute atomic E-state index is 10.5. The summed E-state index contributed by atoms with van der Waals surface area (Å²) in [6, 6.07) is 2.17. The molecule has 1 rings (SSSR count). The van der Waals surface area contributed by atoms with Crippen molar-refractivity contribution in [2.24, 2.45) is 0 Å². The second kappa shape index (κ2) is 4.01. The van der Waals surface area contributed by atoms with Crippen LogP contribution in [0.3, 0.4) is 0 Å². The van der Waals surface area contributed by atoms with Crippen molar-refractivity contribution in [1.29, 1.82) is 0 Å². The summed E-state index contributed by atoms with van der Waals surface area (Å²) >= 11 is 6.05. The van der Waals surface area contributed by atoms with Gasteiger partial charge >= 0.3 is 11.4 Å². The van der Waals surface area contributed by atoms with Gasteiger partial charge in [-0.15, -0.1) is 0 Å². The predicted octanol–water partition coefficient (Wildman–Crippen LogP) is 3.03. The molecule has 1 aromatic carbocycles. The molecule has 0 bridgehead atoms. The van der Waals surface area contributed by atoms with Gasteiger partial charge in [-0.05, 0) is 31.9 Å². The molecule has 0 spiro atoms. The fraction of sp³-hybridized carbons (Fsp3) is 0. The van der Waals surface area contributed by atoms with Crippen molar-refractivity contribution >= 4 is 43.2 Å². The second-order valence-corrected chi connectivity index (χ2v) is 3.98. The molecule has 0 amide bonds. The summed E-state index contributed by atoms with van der Waals surface area (Å²) in [5.41, 5.74) is -1.07. The zero-order valence-corrected chi connectivity index (χ0v) is 9.61. The molecule has 6 nitrogen and oxygen atoms in total. The average Bonchev–Trinajstić information content (AvgIpc) is 2.08. The van der Waals surface area contributed by atoms with Crippen molar-refractivity contribution in [2.75, 3.05) is 0 Å². The van der Waals surface area contributed by atoms with E-state index >= 15 is 0 Å². The van der Waals surface area contributed by atoms with Crippen LogP contribution >= 0.6 is 31.9 Å². The van der Waals surface area contributed by atoms with E-state index in [0.717, 1.165) is 12.1 Å². The first-order valence-corrected chi connectivity index (χ1v) is 4.80. The van der Waals surface area contributed by atoms with Crippen molar-refractivity contribution in [3.05, 3.63) is 41.3 Å². The molecular formula is C6H2Br2N2O4. The average molecular weight is 326 g/mol. The lowest BCUT2D eigenvalue weighted by molar-refractivity contribution is -0.422. The van der Waals surface area contributed by atoms with Gasteiger partial charge in [0.25, 0.3) is 0 Å². The lowest BCUT2D eigenvalue weighted by atomic mass is 10.3. The molecule has 1 aromatic rings. The number of nitro groups is 2. The summed E-state index contributed by atoms with van der Waals surface area (Å²) in [4.78, 5) is 19.3. The molecule has 0 saturated heterocycles. The maximum Gasteiger partial charge on any atom is 0.347 e. The highest BCUT2D eigenvalue weighted by molar-refractivity contribution is 9.13. The molecule has 0 aliphatic carbocycles. The van der Waals surface area contributed by atoms with Crippen LogP contribution in [0.2, 0.25) is 0 Å². The Morgan fingerprint density at radius 2 is 1.21 bits per heavy atom. The first kappa shape index (κ1) is 11.1. The van der Waals surface area contributed by atoms with Crippen LogP contribution in [0, 0.1) is 20.2 Å². The third-order valence-electron chi connectivity index (χ3n) is 1.41.